The summed E-state index contributed by atoms with van der Waals surface area (Å²) in [5, 5.41) is 29.4. The Balaban J connectivity index is 4.62. The molecule has 0 bridgehead atoms. The van der Waals surface area contributed by atoms with E-state index in [1.54, 1.807) is 0 Å². The summed E-state index contributed by atoms with van der Waals surface area (Å²) in [6, 6.07) is 0. The van der Waals surface area contributed by atoms with Gasteiger partial charge in [0.25, 0.3) is 0 Å². The largest absolute Gasteiger partial charge is 0.550 e. The van der Waals surface area contributed by atoms with Crippen molar-refractivity contribution in [3.63, 3.8) is 0 Å². The molecule has 0 aliphatic rings. The minimum absolute atomic E-state index is 0.645. The number of aliphatic carboxylic acids is 2. The molecule has 0 saturated heterocycles. The molecule has 0 radical (unpaired) electrons. The van der Waals surface area contributed by atoms with E-state index >= 15 is 0 Å². The fourth-order valence-electron chi connectivity index (χ4n) is 0.857. The molecule has 6 nitrogen and oxygen atoms in total. The molecule has 0 aromatic rings. The lowest BCUT2D eigenvalue weighted by molar-refractivity contribution is -0.333. The molecule has 6 heteroatoms. The van der Waals surface area contributed by atoms with Crippen molar-refractivity contribution in [2.45, 2.75) is 25.4 Å². The SMILES string of the molecule is CC(=O)CC(O)(CC(=O)[O-])C(=O)[O-]. The zero-order valence-corrected chi connectivity index (χ0v) is 6.90. The van der Waals surface area contributed by atoms with Gasteiger partial charge in [0, 0.05) is 18.8 Å². The molecule has 0 spiro atoms. The molecule has 0 saturated carbocycles. The van der Waals surface area contributed by atoms with Gasteiger partial charge in [0.05, 0.1) is 5.97 Å². The van der Waals surface area contributed by atoms with E-state index in [0.29, 0.717) is 0 Å². The second-order valence-corrected chi connectivity index (χ2v) is 2.75. The van der Waals surface area contributed by atoms with Crippen LogP contribution in [0.2, 0.25) is 0 Å². The Morgan fingerprint density at radius 3 is 1.92 bits per heavy atom. The predicted octanol–water partition coefficient (Wildman–Crippen LogP) is -3.41. The number of carboxylic acids is 2. The molecule has 1 N–H and O–H groups in total. The van der Waals surface area contributed by atoms with E-state index in [0.717, 1.165) is 6.92 Å². The molecule has 0 amide bonds. The summed E-state index contributed by atoms with van der Waals surface area (Å²) >= 11 is 0. The van der Waals surface area contributed by atoms with E-state index in [-0.39, 0.29) is 0 Å². The van der Waals surface area contributed by atoms with E-state index in [1.165, 1.54) is 0 Å². The van der Waals surface area contributed by atoms with Gasteiger partial charge in [-0.3, -0.25) is 4.79 Å². The molecule has 0 fully saturated rings. The molecule has 0 aromatic heterocycles. The van der Waals surface area contributed by atoms with Gasteiger partial charge in [0.15, 0.2) is 0 Å². The van der Waals surface area contributed by atoms with Crippen LogP contribution in [0.15, 0.2) is 0 Å². The number of carbonyl (C=O) groups is 3. The first-order chi connectivity index (χ1) is 5.78. The highest BCUT2D eigenvalue weighted by Crippen LogP contribution is 2.14. The van der Waals surface area contributed by atoms with Crippen LogP contribution in [0, 0.1) is 0 Å². The minimum atomic E-state index is -2.66. The van der Waals surface area contributed by atoms with Crippen LogP contribution in [0.4, 0.5) is 0 Å². The molecular weight excluding hydrogens is 180 g/mol. The van der Waals surface area contributed by atoms with Crippen molar-refractivity contribution in [1.82, 2.24) is 0 Å². The van der Waals surface area contributed by atoms with Gasteiger partial charge in [-0.05, 0) is 6.92 Å². The van der Waals surface area contributed by atoms with Crippen LogP contribution in [0.5, 0.6) is 0 Å². The van der Waals surface area contributed by atoms with E-state index in [9.17, 15) is 24.6 Å². The summed E-state index contributed by atoms with van der Waals surface area (Å²) in [4.78, 5) is 30.8. The van der Waals surface area contributed by atoms with Gasteiger partial charge in [-0.1, -0.05) is 0 Å². The number of carbonyl (C=O) groups excluding carboxylic acids is 3. The normalized spacial score (nSPS) is 14.6. The number of hydrogen-bond donors (Lipinski definition) is 1. The number of rotatable bonds is 5. The fraction of sp³-hybridized carbons (Fsp3) is 0.571. The van der Waals surface area contributed by atoms with Crippen LogP contribution in [0.1, 0.15) is 19.8 Å². The number of carboxylic acid groups (broad SMARTS) is 2. The summed E-state index contributed by atoms with van der Waals surface area (Å²) in [7, 11) is 0. The second kappa shape index (κ2) is 3.99. The third-order valence-electron chi connectivity index (χ3n) is 1.36. The molecule has 13 heavy (non-hydrogen) atoms. The van der Waals surface area contributed by atoms with Gasteiger partial charge in [0.1, 0.15) is 11.4 Å². The first kappa shape index (κ1) is 11.6. The zero-order chi connectivity index (χ0) is 10.6. The Hall–Kier alpha value is -1.43. The number of hydrogen-bond acceptors (Lipinski definition) is 6. The van der Waals surface area contributed by atoms with Crippen LogP contribution in [-0.4, -0.2) is 28.4 Å². The Bertz CT molecular complexity index is 227. The van der Waals surface area contributed by atoms with Gasteiger partial charge >= 0.3 is 0 Å². The van der Waals surface area contributed by atoms with E-state index in [4.69, 9.17) is 5.11 Å². The van der Waals surface area contributed by atoms with Crippen molar-refractivity contribution in [3.8, 4) is 0 Å². The topological polar surface area (TPSA) is 118 Å². The average Bonchev–Trinajstić information content (AvgIpc) is 1.82. The van der Waals surface area contributed by atoms with Gasteiger partial charge in [-0.2, -0.15) is 0 Å². The van der Waals surface area contributed by atoms with E-state index in [1.807, 2.05) is 0 Å². The highest BCUT2D eigenvalue weighted by Gasteiger charge is 2.30. The van der Waals surface area contributed by atoms with Crippen LogP contribution < -0.4 is 10.2 Å². The van der Waals surface area contributed by atoms with Crippen molar-refractivity contribution in [2.24, 2.45) is 0 Å². The van der Waals surface area contributed by atoms with Crippen molar-refractivity contribution in [3.05, 3.63) is 0 Å². The average molecular weight is 188 g/mol. The molecular formula is C7H8O6-2. The quantitative estimate of drug-likeness (QED) is 0.480. The maximum atomic E-state index is 10.5. The highest BCUT2D eigenvalue weighted by molar-refractivity contribution is 5.88. The number of Topliss-reactive ketones (excluding diaryl/α,β-unsaturated/α-hetero) is 1. The third kappa shape index (κ3) is 3.66. The Labute approximate surface area is 73.8 Å². The second-order valence-electron chi connectivity index (χ2n) is 2.75. The Morgan fingerprint density at radius 2 is 1.69 bits per heavy atom. The summed E-state index contributed by atoms with van der Waals surface area (Å²) in [6.45, 7) is 1.03. The molecule has 0 aliphatic heterocycles. The molecule has 0 aromatic carbocycles. The lowest BCUT2D eigenvalue weighted by Crippen LogP contribution is -2.52. The fourth-order valence-corrected chi connectivity index (χ4v) is 0.857. The summed E-state index contributed by atoms with van der Waals surface area (Å²) in [6.07, 6.45) is -1.96. The van der Waals surface area contributed by atoms with Gasteiger partial charge in [0.2, 0.25) is 0 Å². The molecule has 0 rings (SSSR count). The lowest BCUT2D eigenvalue weighted by atomic mass is 9.94. The van der Waals surface area contributed by atoms with Gasteiger partial charge in [-0.25, -0.2) is 0 Å². The Morgan fingerprint density at radius 1 is 1.23 bits per heavy atom. The van der Waals surface area contributed by atoms with Crippen molar-refractivity contribution >= 4 is 17.7 Å². The lowest BCUT2D eigenvalue weighted by Gasteiger charge is -2.28. The maximum absolute atomic E-state index is 10.5. The number of aliphatic hydroxyl groups is 1. The summed E-state index contributed by atoms with van der Waals surface area (Å²) < 4.78 is 0. The van der Waals surface area contributed by atoms with Crippen LogP contribution in [0.3, 0.4) is 0 Å². The first-order valence-electron chi connectivity index (χ1n) is 3.41. The summed E-state index contributed by atoms with van der Waals surface area (Å²) in [5.41, 5.74) is -2.66. The number of ketones is 1. The standard InChI is InChI=1S/C7H10O6/c1-4(8)2-7(13,6(11)12)3-5(9)10/h13H,2-3H2,1H3,(H,9,10)(H,11,12)/p-2. The van der Waals surface area contributed by atoms with Crippen molar-refractivity contribution in [1.29, 1.82) is 0 Å². The van der Waals surface area contributed by atoms with Crippen LogP contribution in [-0.2, 0) is 14.4 Å². The van der Waals surface area contributed by atoms with Crippen molar-refractivity contribution in [2.75, 3.05) is 0 Å². The predicted molar refractivity (Wildman–Crippen MR) is 34.9 cm³/mol. The van der Waals surface area contributed by atoms with Gasteiger partial charge < -0.3 is 24.9 Å². The van der Waals surface area contributed by atoms with Crippen LogP contribution >= 0.6 is 0 Å². The van der Waals surface area contributed by atoms with E-state index < -0.39 is 36.2 Å². The molecule has 0 aliphatic carbocycles. The Kier molecular flexibility index (Phi) is 3.55. The van der Waals surface area contributed by atoms with Crippen molar-refractivity contribution < 1.29 is 29.7 Å². The molecule has 0 heterocycles. The summed E-state index contributed by atoms with van der Waals surface area (Å²) in [5.74, 6) is -4.40. The van der Waals surface area contributed by atoms with Crippen LogP contribution in [0.25, 0.3) is 0 Å². The molecule has 74 valence electrons. The smallest absolute Gasteiger partial charge is 0.133 e. The molecule has 1 atom stereocenters. The minimum Gasteiger partial charge on any atom is -0.550 e. The highest BCUT2D eigenvalue weighted by atomic mass is 16.4. The first-order valence-corrected chi connectivity index (χ1v) is 3.41. The van der Waals surface area contributed by atoms with Gasteiger partial charge in [-0.15, -0.1) is 0 Å². The zero-order valence-electron chi connectivity index (χ0n) is 6.90. The third-order valence-corrected chi connectivity index (χ3v) is 1.36. The monoisotopic (exact) mass is 188 g/mol. The molecule has 1 unspecified atom stereocenters. The maximum Gasteiger partial charge on any atom is 0.133 e. The van der Waals surface area contributed by atoms with E-state index in [2.05, 4.69) is 0 Å².